The second kappa shape index (κ2) is 10.3. The van der Waals surface area contributed by atoms with Gasteiger partial charge in [0.05, 0.1) is 13.7 Å². The summed E-state index contributed by atoms with van der Waals surface area (Å²) in [6.07, 6.45) is 1.79. The lowest BCUT2D eigenvalue weighted by Crippen LogP contribution is -2.50. The van der Waals surface area contributed by atoms with Gasteiger partial charge in [0, 0.05) is 30.5 Å². The first-order valence-corrected chi connectivity index (χ1v) is 10.5. The Balaban J connectivity index is 1.83. The third-order valence-electron chi connectivity index (χ3n) is 4.77. The molecule has 0 N–H and O–H groups in total. The highest BCUT2D eigenvalue weighted by Crippen LogP contribution is 2.24. The van der Waals surface area contributed by atoms with Crippen LogP contribution in [0.25, 0.3) is 6.08 Å². The van der Waals surface area contributed by atoms with E-state index in [0.717, 1.165) is 5.56 Å². The van der Waals surface area contributed by atoms with Gasteiger partial charge < -0.3 is 19.1 Å². The molecule has 176 valence electrons. The van der Waals surface area contributed by atoms with E-state index >= 15 is 0 Å². The van der Waals surface area contributed by atoms with E-state index in [4.69, 9.17) is 14.2 Å². The molecule has 1 aliphatic heterocycles. The zero-order chi connectivity index (χ0) is 24.0. The van der Waals surface area contributed by atoms with Gasteiger partial charge in [-0.2, -0.15) is 0 Å². The van der Waals surface area contributed by atoms with E-state index in [2.05, 4.69) is 4.98 Å². The van der Waals surface area contributed by atoms with Crippen LogP contribution in [0.3, 0.4) is 0 Å². The molecule has 1 saturated heterocycles. The highest BCUT2D eigenvalue weighted by molar-refractivity contribution is 5.75. The molecule has 2 amide bonds. The predicted molar refractivity (Wildman–Crippen MR) is 120 cm³/mol. The van der Waals surface area contributed by atoms with Crippen LogP contribution in [-0.2, 0) is 16.1 Å². The molecule has 1 aromatic heterocycles. The van der Waals surface area contributed by atoms with E-state index < -0.39 is 23.6 Å². The molecule has 0 bridgehead atoms. The summed E-state index contributed by atoms with van der Waals surface area (Å²) in [7, 11) is 1.32. The molecule has 2 heterocycles. The van der Waals surface area contributed by atoms with Crippen molar-refractivity contribution < 1.29 is 28.2 Å². The van der Waals surface area contributed by atoms with Crippen molar-refractivity contribution in [3.63, 3.8) is 0 Å². The molecule has 0 unspecified atom stereocenters. The Morgan fingerprint density at radius 3 is 2.52 bits per heavy atom. The number of hydrogen-bond donors (Lipinski definition) is 0. The van der Waals surface area contributed by atoms with Crippen LogP contribution < -0.4 is 4.74 Å². The molecule has 2 aromatic rings. The fourth-order valence-electron chi connectivity index (χ4n) is 3.21. The van der Waals surface area contributed by atoms with Crippen LogP contribution in [0.5, 0.6) is 5.88 Å². The lowest BCUT2D eigenvalue weighted by Gasteiger charge is -2.37. The Labute approximate surface area is 192 Å². The molecule has 1 fully saturated rings. The minimum absolute atomic E-state index is 0.0386. The van der Waals surface area contributed by atoms with Crippen molar-refractivity contribution in [1.82, 2.24) is 14.8 Å². The number of hydrogen-bond acceptors (Lipinski definition) is 6. The third-order valence-corrected chi connectivity index (χ3v) is 4.77. The second-order valence-corrected chi connectivity index (χ2v) is 8.45. The normalized spacial score (nSPS) is 15.4. The highest BCUT2D eigenvalue weighted by atomic mass is 19.1. The number of carbonyl (C=O) groups excluding carboxylic acids is 2. The summed E-state index contributed by atoms with van der Waals surface area (Å²) in [4.78, 5) is 32.2. The Bertz CT molecular complexity index is 1020. The van der Waals surface area contributed by atoms with E-state index in [-0.39, 0.29) is 37.7 Å². The fraction of sp³-hybridized carbons (Fsp3) is 0.375. The van der Waals surface area contributed by atoms with Crippen LogP contribution in [0.4, 0.5) is 14.0 Å². The molecular weight excluding hydrogens is 429 g/mol. The van der Waals surface area contributed by atoms with Crippen molar-refractivity contribution in [3.8, 4) is 5.88 Å². The van der Waals surface area contributed by atoms with Crippen molar-refractivity contribution in [2.75, 3.05) is 26.7 Å². The summed E-state index contributed by atoms with van der Waals surface area (Å²) in [6.45, 7) is 5.87. The number of amides is 2. The average molecular weight is 458 g/mol. The van der Waals surface area contributed by atoms with Crippen molar-refractivity contribution in [2.24, 2.45) is 0 Å². The van der Waals surface area contributed by atoms with Crippen LogP contribution in [0, 0.1) is 5.82 Å². The van der Waals surface area contributed by atoms with Gasteiger partial charge in [0.2, 0.25) is 0 Å². The average Bonchev–Trinajstić information content (AvgIpc) is 2.78. The van der Waals surface area contributed by atoms with Crippen LogP contribution >= 0.6 is 0 Å². The molecule has 0 radical (unpaired) electrons. The Morgan fingerprint density at radius 2 is 1.85 bits per heavy atom. The monoisotopic (exact) mass is 457 g/mol. The minimum Gasteiger partial charge on any atom is -0.479 e. The number of rotatable bonds is 4. The van der Waals surface area contributed by atoms with Gasteiger partial charge in [0.15, 0.2) is 5.82 Å². The van der Waals surface area contributed by atoms with Crippen LogP contribution in [0.15, 0.2) is 48.3 Å². The first-order valence-electron chi connectivity index (χ1n) is 10.5. The van der Waals surface area contributed by atoms with Crippen molar-refractivity contribution in [1.29, 1.82) is 0 Å². The maximum Gasteiger partial charge on any atom is 0.414 e. The molecule has 9 heteroatoms. The number of halogens is 1. The lowest BCUT2D eigenvalue weighted by molar-refractivity contribution is 0.0225. The SMILES string of the molecule is COc1nccc(/C=C2/CN(C(=O)OCc3ccccc3)CCN2C(=O)OC(C)(C)C)c1F. The van der Waals surface area contributed by atoms with Gasteiger partial charge in [-0.15, -0.1) is 0 Å². The Hall–Kier alpha value is -3.62. The summed E-state index contributed by atoms with van der Waals surface area (Å²) in [6, 6.07) is 10.8. The van der Waals surface area contributed by atoms with Crippen molar-refractivity contribution >= 4 is 18.3 Å². The number of aromatic nitrogens is 1. The second-order valence-electron chi connectivity index (χ2n) is 8.45. The molecule has 0 atom stereocenters. The first-order chi connectivity index (χ1) is 15.7. The molecule has 8 nitrogen and oxygen atoms in total. The summed E-state index contributed by atoms with van der Waals surface area (Å²) in [5, 5.41) is 0. The quantitative estimate of drug-likeness (QED) is 0.674. The van der Waals surface area contributed by atoms with Gasteiger partial charge in [-0.1, -0.05) is 30.3 Å². The van der Waals surface area contributed by atoms with Gasteiger partial charge in [0.25, 0.3) is 5.88 Å². The number of methoxy groups -OCH3 is 1. The molecule has 1 aromatic carbocycles. The van der Waals surface area contributed by atoms with Gasteiger partial charge in [-0.25, -0.2) is 19.0 Å². The van der Waals surface area contributed by atoms with Gasteiger partial charge >= 0.3 is 12.2 Å². The molecule has 1 aliphatic rings. The summed E-state index contributed by atoms with van der Waals surface area (Å²) in [5.74, 6) is -0.830. The lowest BCUT2D eigenvalue weighted by atomic mass is 10.1. The Morgan fingerprint density at radius 1 is 1.12 bits per heavy atom. The number of pyridine rings is 1. The zero-order valence-electron chi connectivity index (χ0n) is 19.2. The zero-order valence-corrected chi connectivity index (χ0v) is 19.2. The number of ether oxygens (including phenoxy) is 3. The third kappa shape index (κ3) is 6.44. The topological polar surface area (TPSA) is 81.2 Å². The number of carbonyl (C=O) groups is 2. The maximum absolute atomic E-state index is 14.7. The van der Waals surface area contributed by atoms with E-state index in [1.807, 2.05) is 30.3 Å². The molecule has 0 spiro atoms. The van der Waals surface area contributed by atoms with E-state index in [1.54, 1.807) is 20.8 Å². The maximum atomic E-state index is 14.7. The van der Waals surface area contributed by atoms with Gasteiger partial charge in [0.1, 0.15) is 12.2 Å². The largest absolute Gasteiger partial charge is 0.479 e. The summed E-state index contributed by atoms with van der Waals surface area (Å²) < 4.78 is 30.6. The molecule has 3 rings (SSSR count). The van der Waals surface area contributed by atoms with E-state index in [9.17, 15) is 14.0 Å². The van der Waals surface area contributed by atoms with E-state index in [0.29, 0.717) is 5.70 Å². The molecule has 0 saturated carbocycles. The molecule has 0 aliphatic carbocycles. The predicted octanol–water partition coefficient (Wildman–Crippen LogP) is 4.46. The first kappa shape index (κ1) is 24.0. The van der Waals surface area contributed by atoms with Crippen LogP contribution in [0.2, 0.25) is 0 Å². The minimum atomic E-state index is -0.709. The molecule has 33 heavy (non-hydrogen) atoms. The Kier molecular flexibility index (Phi) is 7.52. The highest BCUT2D eigenvalue weighted by Gasteiger charge is 2.32. The number of piperazine rings is 1. The van der Waals surface area contributed by atoms with Crippen molar-refractivity contribution in [3.05, 3.63) is 65.2 Å². The van der Waals surface area contributed by atoms with Crippen LogP contribution in [0.1, 0.15) is 31.9 Å². The smallest absolute Gasteiger partial charge is 0.414 e. The van der Waals surface area contributed by atoms with Gasteiger partial charge in [-0.3, -0.25) is 4.90 Å². The van der Waals surface area contributed by atoms with Crippen molar-refractivity contribution in [2.45, 2.75) is 33.0 Å². The summed E-state index contributed by atoms with van der Waals surface area (Å²) >= 11 is 0. The number of benzene rings is 1. The van der Waals surface area contributed by atoms with Gasteiger partial charge in [-0.05, 0) is 38.5 Å². The standard InChI is InChI=1S/C24H28FN3O5/c1-24(2,3)33-23(30)28-13-12-27(22(29)32-16-17-8-6-5-7-9-17)15-19(28)14-18-10-11-26-21(31-4)20(18)25/h5-11,14H,12-13,15-16H2,1-4H3/b19-14-. The van der Waals surface area contributed by atoms with Crippen LogP contribution in [-0.4, -0.2) is 59.3 Å². The fourth-order valence-corrected chi connectivity index (χ4v) is 3.21. The molecular formula is C24H28FN3O5. The summed E-state index contributed by atoms with van der Waals surface area (Å²) in [5.41, 5.74) is 0.711. The van der Waals surface area contributed by atoms with E-state index in [1.165, 1.54) is 35.2 Å². The number of nitrogens with zero attached hydrogens (tertiary/aromatic N) is 3.